The van der Waals surface area contributed by atoms with E-state index >= 15 is 0 Å². The highest BCUT2D eigenvalue weighted by Crippen LogP contribution is 2.03. The third kappa shape index (κ3) is 3.92. The Hall–Kier alpha value is -1.24. The van der Waals surface area contributed by atoms with Crippen molar-refractivity contribution in [1.82, 2.24) is 19.9 Å². The highest BCUT2D eigenvalue weighted by molar-refractivity contribution is 5.20. The van der Waals surface area contributed by atoms with Crippen molar-refractivity contribution in [3.8, 4) is 0 Å². The molecule has 1 aliphatic rings. The molecule has 1 aromatic heterocycles. The molecule has 0 atom stereocenters. The van der Waals surface area contributed by atoms with Crippen molar-refractivity contribution in [3.05, 3.63) is 18.5 Å². The molecular formula is C11H19N5O. The van der Waals surface area contributed by atoms with Gasteiger partial charge in [-0.2, -0.15) is 0 Å². The summed E-state index contributed by atoms with van der Waals surface area (Å²) >= 11 is 0. The minimum atomic E-state index is 0.658. The van der Waals surface area contributed by atoms with Gasteiger partial charge in [0.05, 0.1) is 6.73 Å². The Kier molecular flexibility index (Phi) is 4.66. The molecule has 0 amide bonds. The Morgan fingerprint density at radius 1 is 1.24 bits per heavy atom. The maximum absolute atomic E-state index is 5.39. The van der Waals surface area contributed by atoms with E-state index in [4.69, 9.17) is 4.74 Å². The van der Waals surface area contributed by atoms with Crippen LogP contribution in [0.1, 0.15) is 6.92 Å². The number of piperazine rings is 1. The highest BCUT2D eigenvalue weighted by Gasteiger charge is 2.16. The molecule has 6 heteroatoms. The first-order valence-electron chi connectivity index (χ1n) is 5.97. The van der Waals surface area contributed by atoms with Crippen molar-refractivity contribution < 1.29 is 4.74 Å². The molecular weight excluding hydrogens is 218 g/mol. The summed E-state index contributed by atoms with van der Waals surface area (Å²) in [6.45, 7) is 7.42. The molecule has 1 aliphatic heterocycles. The topological polar surface area (TPSA) is 53.5 Å². The van der Waals surface area contributed by atoms with Gasteiger partial charge >= 0.3 is 0 Å². The molecule has 1 N–H and O–H groups in total. The van der Waals surface area contributed by atoms with E-state index in [9.17, 15) is 0 Å². The van der Waals surface area contributed by atoms with E-state index in [0.717, 1.165) is 39.5 Å². The van der Waals surface area contributed by atoms with Crippen LogP contribution in [0.15, 0.2) is 18.5 Å². The molecule has 0 unspecified atom stereocenters. The van der Waals surface area contributed by atoms with Gasteiger partial charge in [-0.15, -0.1) is 0 Å². The fourth-order valence-corrected chi connectivity index (χ4v) is 1.71. The molecule has 6 nitrogen and oxygen atoms in total. The molecule has 94 valence electrons. The van der Waals surface area contributed by atoms with Crippen molar-refractivity contribution >= 4 is 5.95 Å². The number of ether oxygens (including phenoxy) is 1. The Labute approximate surface area is 102 Å². The maximum atomic E-state index is 5.39. The Morgan fingerprint density at radius 3 is 2.59 bits per heavy atom. The second kappa shape index (κ2) is 6.48. The summed E-state index contributed by atoms with van der Waals surface area (Å²) in [6.07, 6.45) is 3.47. The van der Waals surface area contributed by atoms with Crippen LogP contribution in [0.25, 0.3) is 0 Å². The van der Waals surface area contributed by atoms with Crippen molar-refractivity contribution in [2.45, 2.75) is 6.92 Å². The van der Waals surface area contributed by atoms with E-state index in [-0.39, 0.29) is 0 Å². The number of hydrogen-bond acceptors (Lipinski definition) is 6. The summed E-state index contributed by atoms with van der Waals surface area (Å²) < 4.78 is 5.39. The number of nitrogens with one attached hydrogen (secondary N) is 1. The quantitative estimate of drug-likeness (QED) is 0.801. The standard InChI is InChI=1S/C11H19N5O/c1-2-17-10-15-6-8-16(9-7-15)14-11-12-4-3-5-13-11/h3-5H,2,6-10H2,1H3,(H,12,13,14). The van der Waals surface area contributed by atoms with Crippen LogP contribution in [0.4, 0.5) is 5.95 Å². The second-order valence-corrected chi connectivity index (χ2v) is 3.91. The lowest BCUT2D eigenvalue weighted by molar-refractivity contribution is 0.0115. The van der Waals surface area contributed by atoms with Gasteiger partial charge in [0, 0.05) is 45.2 Å². The maximum Gasteiger partial charge on any atom is 0.237 e. The van der Waals surface area contributed by atoms with Crippen LogP contribution in [-0.2, 0) is 4.74 Å². The van der Waals surface area contributed by atoms with Crippen LogP contribution >= 0.6 is 0 Å². The third-order valence-electron chi connectivity index (χ3n) is 2.67. The Morgan fingerprint density at radius 2 is 1.94 bits per heavy atom. The summed E-state index contributed by atoms with van der Waals surface area (Å²) in [5.74, 6) is 0.658. The average molecular weight is 237 g/mol. The van der Waals surface area contributed by atoms with Crippen molar-refractivity contribution in [2.75, 3.05) is 44.9 Å². The van der Waals surface area contributed by atoms with E-state index < -0.39 is 0 Å². The molecule has 0 aliphatic carbocycles. The Balaban J connectivity index is 1.72. The first-order valence-corrected chi connectivity index (χ1v) is 5.97. The van der Waals surface area contributed by atoms with Crippen LogP contribution in [0, 0.1) is 0 Å². The lowest BCUT2D eigenvalue weighted by Crippen LogP contribution is -2.49. The fourth-order valence-electron chi connectivity index (χ4n) is 1.71. The van der Waals surface area contributed by atoms with E-state index in [1.54, 1.807) is 12.4 Å². The number of anilines is 1. The molecule has 0 spiro atoms. The number of hydrogen-bond donors (Lipinski definition) is 1. The zero-order valence-electron chi connectivity index (χ0n) is 10.2. The number of aromatic nitrogens is 2. The first-order chi connectivity index (χ1) is 8.38. The van der Waals surface area contributed by atoms with Crippen LogP contribution in [0.5, 0.6) is 0 Å². The van der Waals surface area contributed by atoms with Crippen LogP contribution < -0.4 is 5.43 Å². The van der Waals surface area contributed by atoms with E-state index in [2.05, 4.69) is 25.3 Å². The predicted molar refractivity (Wildman–Crippen MR) is 65.3 cm³/mol. The van der Waals surface area contributed by atoms with Crippen LogP contribution in [-0.4, -0.2) is 59.4 Å². The SMILES string of the molecule is CCOCN1CCN(Nc2ncccn2)CC1. The van der Waals surface area contributed by atoms with Gasteiger partial charge in [0.15, 0.2) is 0 Å². The average Bonchev–Trinajstić information content (AvgIpc) is 2.39. The minimum absolute atomic E-state index is 0.658. The first kappa shape index (κ1) is 12.2. The van der Waals surface area contributed by atoms with Gasteiger partial charge in [-0.3, -0.25) is 10.3 Å². The lowest BCUT2D eigenvalue weighted by atomic mass is 10.4. The van der Waals surface area contributed by atoms with Crippen molar-refractivity contribution in [1.29, 1.82) is 0 Å². The van der Waals surface area contributed by atoms with Gasteiger partial charge in [-0.05, 0) is 13.0 Å². The minimum Gasteiger partial charge on any atom is -0.366 e. The summed E-state index contributed by atoms with van der Waals surface area (Å²) in [6, 6.07) is 1.81. The highest BCUT2D eigenvalue weighted by atomic mass is 16.5. The van der Waals surface area contributed by atoms with E-state index in [0.29, 0.717) is 5.95 Å². The zero-order chi connectivity index (χ0) is 11.9. The molecule has 2 heterocycles. The van der Waals surface area contributed by atoms with E-state index in [1.807, 2.05) is 13.0 Å². The second-order valence-electron chi connectivity index (χ2n) is 3.91. The number of hydrazine groups is 1. The normalized spacial score (nSPS) is 18.2. The molecule has 0 bridgehead atoms. The predicted octanol–water partition coefficient (Wildman–Crippen LogP) is 0.415. The van der Waals surface area contributed by atoms with Gasteiger partial charge in [0.25, 0.3) is 0 Å². The van der Waals surface area contributed by atoms with Crippen molar-refractivity contribution in [3.63, 3.8) is 0 Å². The monoisotopic (exact) mass is 237 g/mol. The largest absolute Gasteiger partial charge is 0.366 e. The molecule has 0 radical (unpaired) electrons. The summed E-state index contributed by atoms with van der Waals surface area (Å²) in [5, 5.41) is 2.14. The van der Waals surface area contributed by atoms with Gasteiger partial charge in [0.1, 0.15) is 0 Å². The third-order valence-corrected chi connectivity index (χ3v) is 2.67. The van der Waals surface area contributed by atoms with Gasteiger partial charge in [-0.25, -0.2) is 15.0 Å². The Bertz CT molecular complexity index is 313. The molecule has 1 saturated heterocycles. The smallest absolute Gasteiger partial charge is 0.237 e. The zero-order valence-corrected chi connectivity index (χ0v) is 10.2. The van der Waals surface area contributed by atoms with Crippen molar-refractivity contribution in [2.24, 2.45) is 0 Å². The molecule has 0 aromatic carbocycles. The van der Waals surface area contributed by atoms with Gasteiger partial charge in [0.2, 0.25) is 5.95 Å². The number of nitrogens with zero attached hydrogens (tertiary/aromatic N) is 4. The summed E-state index contributed by atoms with van der Waals surface area (Å²) in [7, 11) is 0. The van der Waals surface area contributed by atoms with Crippen LogP contribution in [0.2, 0.25) is 0 Å². The lowest BCUT2D eigenvalue weighted by Gasteiger charge is -2.34. The molecule has 1 fully saturated rings. The summed E-state index contributed by atoms with van der Waals surface area (Å²) in [5.41, 5.74) is 3.20. The summed E-state index contributed by atoms with van der Waals surface area (Å²) in [4.78, 5) is 10.6. The fraction of sp³-hybridized carbons (Fsp3) is 0.636. The molecule has 17 heavy (non-hydrogen) atoms. The van der Waals surface area contributed by atoms with E-state index in [1.165, 1.54) is 0 Å². The molecule has 2 rings (SSSR count). The van der Waals surface area contributed by atoms with Gasteiger partial charge < -0.3 is 4.74 Å². The molecule has 0 saturated carbocycles. The van der Waals surface area contributed by atoms with Crippen LogP contribution in [0.3, 0.4) is 0 Å². The molecule has 1 aromatic rings. The number of rotatable bonds is 5. The van der Waals surface area contributed by atoms with Gasteiger partial charge in [-0.1, -0.05) is 0 Å².